The highest BCUT2D eigenvalue weighted by Crippen LogP contribution is 2.31. The zero-order chi connectivity index (χ0) is 19.4. The summed E-state index contributed by atoms with van der Waals surface area (Å²) in [7, 11) is 0. The summed E-state index contributed by atoms with van der Waals surface area (Å²) in [6.45, 7) is 5.66. The molecule has 1 saturated heterocycles. The molecule has 0 spiro atoms. The van der Waals surface area contributed by atoms with Crippen LogP contribution in [0.2, 0.25) is 5.02 Å². The second kappa shape index (κ2) is 8.21. The molecular weight excluding hydrogens is 364 g/mol. The number of rotatable bonds is 3. The van der Waals surface area contributed by atoms with Crippen molar-refractivity contribution in [1.82, 2.24) is 20.2 Å². The number of nitrogens with one attached hydrogen (secondary N) is 1. The average Bonchev–Trinajstić information content (AvgIpc) is 3.13. The second-order valence-electron chi connectivity index (χ2n) is 6.39. The number of nitrogens with zero attached hydrogens (tertiary/aromatic N) is 4. The van der Waals surface area contributed by atoms with Gasteiger partial charge in [-0.1, -0.05) is 43.6 Å². The molecule has 0 unspecified atom stereocenters. The smallest absolute Gasteiger partial charge is 0.202 e. The predicted octanol–water partition coefficient (Wildman–Crippen LogP) is 2.99. The highest BCUT2D eigenvalue weighted by molar-refractivity contribution is 6.33. The largest absolute Gasteiger partial charge is 0.388 e. The Kier molecular flexibility index (Phi) is 5.94. The Bertz CT molecular complexity index is 904. The topological polar surface area (TPSA) is 104 Å². The van der Waals surface area contributed by atoms with Gasteiger partial charge in [-0.2, -0.15) is 5.10 Å². The van der Waals surface area contributed by atoms with Crippen molar-refractivity contribution in [3.63, 3.8) is 0 Å². The highest BCUT2D eigenvalue weighted by Gasteiger charge is 2.31. The van der Waals surface area contributed by atoms with E-state index in [1.807, 2.05) is 38.1 Å². The maximum Gasteiger partial charge on any atom is 0.202 e. The molecular formula is C19H25ClN6O. The zero-order valence-corrected chi connectivity index (χ0v) is 16.4. The van der Waals surface area contributed by atoms with E-state index in [0.717, 1.165) is 17.1 Å². The minimum absolute atomic E-state index is 0.284. The first-order valence-electron chi connectivity index (χ1n) is 9.23. The number of H-pyrrole nitrogens is 1. The third kappa shape index (κ3) is 3.90. The third-order valence-electron chi connectivity index (χ3n) is 4.79. The highest BCUT2D eigenvalue weighted by atomic mass is 35.5. The van der Waals surface area contributed by atoms with E-state index < -0.39 is 5.60 Å². The predicted molar refractivity (Wildman–Crippen MR) is 109 cm³/mol. The van der Waals surface area contributed by atoms with Gasteiger partial charge in [-0.15, -0.1) is 0 Å². The van der Waals surface area contributed by atoms with E-state index in [4.69, 9.17) is 17.3 Å². The number of piperidine rings is 1. The maximum absolute atomic E-state index is 10.3. The molecule has 4 N–H and O–H groups in total. The van der Waals surface area contributed by atoms with Gasteiger partial charge in [-0.05, 0) is 18.9 Å². The van der Waals surface area contributed by atoms with Crippen molar-refractivity contribution in [3.05, 3.63) is 35.5 Å². The summed E-state index contributed by atoms with van der Waals surface area (Å²) in [5.74, 6) is 0.754. The maximum atomic E-state index is 10.3. The van der Waals surface area contributed by atoms with E-state index in [1.54, 1.807) is 6.20 Å². The van der Waals surface area contributed by atoms with Crippen molar-refractivity contribution in [2.75, 3.05) is 24.5 Å². The number of fused-ring (bicyclic) bond motifs is 1. The molecule has 0 radical (unpaired) electrons. The number of aliphatic hydroxyl groups is 1. The number of nitrogens with two attached hydrogens (primary N) is 1. The minimum atomic E-state index is -0.766. The third-order valence-corrected chi connectivity index (χ3v) is 5.12. The van der Waals surface area contributed by atoms with Crippen molar-refractivity contribution in [2.45, 2.75) is 32.3 Å². The summed E-state index contributed by atoms with van der Waals surface area (Å²) in [4.78, 5) is 11.3. The Morgan fingerprint density at radius 1 is 1.26 bits per heavy atom. The van der Waals surface area contributed by atoms with Crippen LogP contribution in [0.5, 0.6) is 0 Å². The van der Waals surface area contributed by atoms with Crippen LogP contribution in [0.15, 0.2) is 30.5 Å². The normalized spacial score (nSPS) is 16.1. The lowest BCUT2D eigenvalue weighted by Crippen LogP contribution is -2.49. The lowest BCUT2D eigenvalue weighted by atomic mass is 9.92. The molecule has 7 nitrogen and oxygen atoms in total. The first-order chi connectivity index (χ1) is 13.1. The SMILES string of the molecule is CC.NCC1(O)CCN(c2cnc3c(-c4ccccc4Cl)[nH]nc3n2)CC1. The van der Waals surface area contributed by atoms with Crippen LogP contribution < -0.4 is 10.6 Å². The van der Waals surface area contributed by atoms with Crippen LogP contribution in [0, 0.1) is 0 Å². The van der Waals surface area contributed by atoms with Gasteiger partial charge in [-0.25, -0.2) is 9.97 Å². The van der Waals surface area contributed by atoms with Crippen LogP contribution in [0.1, 0.15) is 26.7 Å². The van der Waals surface area contributed by atoms with E-state index in [0.29, 0.717) is 42.1 Å². The molecule has 2 aromatic heterocycles. The quantitative estimate of drug-likeness (QED) is 0.637. The molecule has 1 aliphatic heterocycles. The van der Waals surface area contributed by atoms with Crippen LogP contribution in [-0.2, 0) is 0 Å². The van der Waals surface area contributed by atoms with E-state index in [9.17, 15) is 5.11 Å². The number of hydrogen-bond acceptors (Lipinski definition) is 6. The molecule has 0 saturated carbocycles. The molecule has 27 heavy (non-hydrogen) atoms. The van der Waals surface area contributed by atoms with E-state index in [1.165, 1.54) is 0 Å². The number of hydrogen-bond donors (Lipinski definition) is 3. The number of halogens is 1. The van der Waals surface area contributed by atoms with Crippen LogP contribution in [0.4, 0.5) is 5.82 Å². The average molecular weight is 389 g/mol. The molecule has 1 fully saturated rings. The summed E-state index contributed by atoms with van der Waals surface area (Å²) in [5, 5.41) is 18.2. The van der Waals surface area contributed by atoms with E-state index in [-0.39, 0.29) is 6.54 Å². The fraction of sp³-hybridized carbons (Fsp3) is 0.421. The summed E-state index contributed by atoms with van der Waals surface area (Å²) >= 11 is 6.27. The Morgan fingerprint density at radius 3 is 2.63 bits per heavy atom. The van der Waals surface area contributed by atoms with E-state index >= 15 is 0 Å². The zero-order valence-electron chi connectivity index (χ0n) is 15.6. The second-order valence-corrected chi connectivity index (χ2v) is 6.80. The molecule has 0 atom stereocenters. The van der Waals surface area contributed by atoms with Gasteiger partial charge in [0, 0.05) is 25.2 Å². The molecule has 144 valence electrons. The van der Waals surface area contributed by atoms with Gasteiger partial charge in [0.15, 0.2) is 0 Å². The Hall–Kier alpha value is -2.22. The first-order valence-corrected chi connectivity index (χ1v) is 9.61. The number of benzene rings is 1. The number of aromatic amines is 1. The van der Waals surface area contributed by atoms with Crippen LogP contribution in [0.3, 0.4) is 0 Å². The van der Waals surface area contributed by atoms with Crippen molar-refractivity contribution < 1.29 is 5.11 Å². The van der Waals surface area contributed by atoms with Gasteiger partial charge in [0.2, 0.25) is 5.65 Å². The molecule has 0 aliphatic carbocycles. The molecule has 1 aromatic carbocycles. The number of aromatic nitrogens is 4. The fourth-order valence-electron chi connectivity index (χ4n) is 3.15. The lowest BCUT2D eigenvalue weighted by Gasteiger charge is -2.37. The van der Waals surface area contributed by atoms with Crippen LogP contribution in [0.25, 0.3) is 22.4 Å². The fourth-order valence-corrected chi connectivity index (χ4v) is 3.38. The molecule has 3 heterocycles. The van der Waals surface area contributed by atoms with Crippen molar-refractivity contribution in [3.8, 4) is 11.3 Å². The van der Waals surface area contributed by atoms with E-state index in [2.05, 4.69) is 25.1 Å². The molecule has 1 aliphatic rings. The molecule has 0 amide bonds. The Balaban J connectivity index is 0.00000102. The van der Waals surface area contributed by atoms with Crippen LogP contribution >= 0.6 is 11.6 Å². The van der Waals surface area contributed by atoms with Gasteiger partial charge in [0.1, 0.15) is 11.3 Å². The van der Waals surface area contributed by atoms with Crippen molar-refractivity contribution in [1.29, 1.82) is 0 Å². The molecule has 8 heteroatoms. The molecule has 4 rings (SSSR count). The molecule has 3 aromatic rings. The summed E-state index contributed by atoms with van der Waals surface area (Å²) < 4.78 is 0. The van der Waals surface area contributed by atoms with Crippen molar-refractivity contribution >= 4 is 28.6 Å². The van der Waals surface area contributed by atoms with Gasteiger partial charge in [0.25, 0.3) is 0 Å². The summed E-state index contributed by atoms with van der Waals surface area (Å²) in [6.07, 6.45) is 2.98. The van der Waals surface area contributed by atoms with Crippen LogP contribution in [-0.4, -0.2) is 50.5 Å². The summed E-state index contributed by atoms with van der Waals surface area (Å²) in [5.41, 5.74) is 7.72. The monoisotopic (exact) mass is 388 g/mol. The van der Waals surface area contributed by atoms with Gasteiger partial charge < -0.3 is 15.7 Å². The summed E-state index contributed by atoms with van der Waals surface area (Å²) in [6, 6.07) is 7.55. The standard InChI is InChI=1S/C17H19ClN6O.C2H6/c18-12-4-2-1-3-11(12)14-15-16(23-22-14)21-13(9-20-15)24-7-5-17(25,10-19)6-8-24;1-2/h1-4,9,25H,5-8,10,19H2,(H,21,22,23);1-2H3. The first kappa shape index (κ1) is 19.5. The Morgan fingerprint density at radius 2 is 1.96 bits per heavy atom. The Labute approximate surface area is 163 Å². The van der Waals surface area contributed by atoms with Gasteiger partial charge in [0.05, 0.1) is 22.5 Å². The van der Waals surface area contributed by atoms with Crippen molar-refractivity contribution in [2.24, 2.45) is 5.73 Å². The van der Waals surface area contributed by atoms with Gasteiger partial charge in [-0.3, -0.25) is 5.10 Å². The minimum Gasteiger partial charge on any atom is -0.388 e. The van der Waals surface area contributed by atoms with Gasteiger partial charge >= 0.3 is 0 Å². The number of anilines is 1. The lowest BCUT2D eigenvalue weighted by molar-refractivity contribution is 0.0249. The molecule has 0 bridgehead atoms.